The van der Waals surface area contributed by atoms with E-state index in [4.69, 9.17) is 16.9 Å². The fourth-order valence-corrected chi connectivity index (χ4v) is 3.74. The van der Waals surface area contributed by atoms with E-state index in [9.17, 15) is 0 Å². The van der Waals surface area contributed by atoms with Gasteiger partial charge in [-0.3, -0.25) is 4.57 Å². The van der Waals surface area contributed by atoms with Crippen LogP contribution in [0.2, 0.25) is 5.02 Å². The van der Waals surface area contributed by atoms with Crippen LogP contribution in [0, 0.1) is 11.3 Å². The number of thioether (sulfide) groups is 1. The summed E-state index contributed by atoms with van der Waals surface area (Å²) in [6, 6.07) is 9.94. The zero-order valence-corrected chi connectivity index (χ0v) is 14.4. The highest BCUT2D eigenvalue weighted by Gasteiger charge is 2.23. The van der Waals surface area contributed by atoms with Crippen LogP contribution in [0.1, 0.15) is 25.7 Å². The number of anilines is 1. The molecule has 1 aliphatic heterocycles. The molecule has 0 spiro atoms. The van der Waals surface area contributed by atoms with E-state index in [1.807, 2.05) is 28.8 Å². The molecule has 3 rings (SSSR count). The van der Waals surface area contributed by atoms with Gasteiger partial charge in [0.1, 0.15) is 0 Å². The summed E-state index contributed by atoms with van der Waals surface area (Å²) in [6.45, 7) is 2.00. The van der Waals surface area contributed by atoms with Gasteiger partial charge in [0.2, 0.25) is 5.95 Å². The largest absolute Gasteiger partial charge is 0.341 e. The first-order valence-corrected chi connectivity index (χ1v) is 9.12. The Morgan fingerprint density at radius 1 is 1.22 bits per heavy atom. The summed E-state index contributed by atoms with van der Waals surface area (Å²) in [7, 11) is 0. The maximum Gasteiger partial charge on any atom is 0.232 e. The van der Waals surface area contributed by atoms with E-state index in [-0.39, 0.29) is 0 Å². The van der Waals surface area contributed by atoms with Crippen LogP contribution < -0.4 is 4.90 Å². The lowest BCUT2D eigenvalue weighted by molar-refractivity contribution is 0.840. The molecule has 1 aromatic carbocycles. The van der Waals surface area contributed by atoms with E-state index >= 15 is 0 Å². The fourth-order valence-electron chi connectivity index (χ4n) is 2.64. The quantitative estimate of drug-likeness (QED) is 0.585. The molecule has 120 valence electrons. The first kappa shape index (κ1) is 16.2. The SMILES string of the molecule is N#CCCCSc1nnc(N2CCCC2)n1-c1ccccc1Cl. The maximum absolute atomic E-state index is 8.66. The van der Waals surface area contributed by atoms with Gasteiger partial charge in [0, 0.05) is 25.3 Å². The molecule has 1 fully saturated rings. The molecule has 0 unspecified atom stereocenters. The molecule has 0 radical (unpaired) electrons. The van der Waals surface area contributed by atoms with Gasteiger partial charge in [-0.1, -0.05) is 35.5 Å². The number of halogens is 1. The first-order valence-electron chi connectivity index (χ1n) is 7.76. The van der Waals surface area contributed by atoms with Crippen LogP contribution in [-0.4, -0.2) is 33.6 Å². The minimum atomic E-state index is 0.562. The summed E-state index contributed by atoms with van der Waals surface area (Å²) in [5.41, 5.74) is 0.906. The van der Waals surface area contributed by atoms with Gasteiger partial charge in [0.15, 0.2) is 5.16 Å². The molecule has 7 heteroatoms. The smallest absolute Gasteiger partial charge is 0.232 e. The Morgan fingerprint density at radius 3 is 2.74 bits per heavy atom. The van der Waals surface area contributed by atoms with Crippen LogP contribution in [0.25, 0.3) is 5.69 Å². The van der Waals surface area contributed by atoms with Crippen molar-refractivity contribution in [3.8, 4) is 11.8 Å². The van der Waals surface area contributed by atoms with E-state index in [1.54, 1.807) is 11.8 Å². The van der Waals surface area contributed by atoms with Gasteiger partial charge in [0.05, 0.1) is 16.8 Å². The highest BCUT2D eigenvalue weighted by Crippen LogP contribution is 2.32. The highest BCUT2D eigenvalue weighted by molar-refractivity contribution is 7.99. The zero-order chi connectivity index (χ0) is 16.1. The van der Waals surface area contributed by atoms with Crippen molar-refractivity contribution >= 4 is 29.3 Å². The number of nitrogens with zero attached hydrogens (tertiary/aromatic N) is 5. The Bertz CT molecular complexity index is 703. The van der Waals surface area contributed by atoms with Gasteiger partial charge in [-0.2, -0.15) is 5.26 Å². The molecule has 0 N–H and O–H groups in total. The number of hydrogen-bond donors (Lipinski definition) is 0. The molecule has 2 aromatic rings. The predicted octanol–water partition coefficient (Wildman–Crippen LogP) is 3.92. The van der Waals surface area contributed by atoms with Gasteiger partial charge < -0.3 is 4.90 Å². The Kier molecular flexibility index (Phi) is 5.42. The van der Waals surface area contributed by atoms with Crippen molar-refractivity contribution in [3.05, 3.63) is 29.3 Å². The number of aromatic nitrogens is 3. The average molecular weight is 348 g/mol. The molecule has 1 aliphatic rings. The minimum absolute atomic E-state index is 0.562. The van der Waals surface area contributed by atoms with Crippen molar-refractivity contribution in [2.45, 2.75) is 30.8 Å². The summed E-state index contributed by atoms with van der Waals surface area (Å²) in [6.07, 6.45) is 3.77. The summed E-state index contributed by atoms with van der Waals surface area (Å²) >= 11 is 8.03. The number of rotatable bonds is 6. The van der Waals surface area contributed by atoms with Crippen molar-refractivity contribution < 1.29 is 0 Å². The molecule has 0 amide bonds. The van der Waals surface area contributed by atoms with Crippen molar-refractivity contribution in [1.29, 1.82) is 5.26 Å². The Balaban J connectivity index is 1.93. The van der Waals surface area contributed by atoms with E-state index in [0.717, 1.165) is 42.1 Å². The van der Waals surface area contributed by atoms with Crippen LogP contribution in [0.4, 0.5) is 5.95 Å². The Morgan fingerprint density at radius 2 is 2.00 bits per heavy atom. The molecule has 1 aromatic heterocycles. The zero-order valence-electron chi connectivity index (χ0n) is 12.8. The minimum Gasteiger partial charge on any atom is -0.341 e. The van der Waals surface area contributed by atoms with Gasteiger partial charge in [-0.15, -0.1) is 10.2 Å². The summed E-state index contributed by atoms with van der Waals surface area (Å²) in [4.78, 5) is 2.26. The van der Waals surface area contributed by atoms with Crippen LogP contribution in [-0.2, 0) is 0 Å². The molecule has 5 nitrogen and oxygen atoms in total. The third-order valence-corrected chi connectivity index (χ3v) is 5.10. The monoisotopic (exact) mass is 347 g/mol. The number of para-hydroxylation sites is 1. The standard InChI is InChI=1S/C16H18ClN5S/c17-13-7-1-2-8-14(13)22-15(21-10-4-5-11-21)19-20-16(22)23-12-6-3-9-18/h1-2,7-8H,3-6,10-12H2. The topological polar surface area (TPSA) is 57.7 Å². The lowest BCUT2D eigenvalue weighted by Gasteiger charge is -2.19. The van der Waals surface area contributed by atoms with Gasteiger partial charge in [-0.25, -0.2) is 0 Å². The van der Waals surface area contributed by atoms with Crippen LogP contribution in [0.3, 0.4) is 0 Å². The summed E-state index contributed by atoms with van der Waals surface area (Å²) in [5.74, 6) is 1.70. The predicted molar refractivity (Wildman–Crippen MR) is 93.4 cm³/mol. The maximum atomic E-state index is 8.66. The number of benzene rings is 1. The van der Waals surface area contributed by atoms with Gasteiger partial charge in [0.25, 0.3) is 0 Å². The second-order valence-corrected chi connectivity index (χ2v) is 6.84. The molecule has 1 saturated heterocycles. The Labute approximate surface area is 145 Å². The molecular weight excluding hydrogens is 330 g/mol. The van der Waals surface area contributed by atoms with Gasteiger partial charge in [-0.05, 0) is 31.4 Å². The molecular formula is C16H18ClN5S. The first-order chi connectivity index (χ1) is 11.3. The lowest BCUT2D eigenvalue weighted by Crippen LogP contribution is -2.22. The van der Waals surface area contributed by atoms with Crippen molar-refractivity contribution in [3.63, 3.8) is 0 Å². The van der Waals surface area contributed by atoms with E-state index in [0.29, 0.717) is 11.4 Å². The summed E-state index contributed by atoms with van der Waals surface area (Å²) < 4.78 is 2.05. The van der Waals surface area contributed by atoms with Crippen LogP contribution >= 0.6 is 23.4 Å². The molecule has 23 heavy (non-hydrogen) atoms. The summed E-state index contributed by atoms with van der Waals surface area (Å²) in [5, 5.41) is 19.0. The van der Waals surface area contributed by atoms with Gasteiger partial charge >= 0.3 is 0 Å². The van der Waals surface area contributed by atoms with E-state index < -0.39 is 0 Å². The van der Waals surface area contributed by atoms with E-state index in [1.165, 1.54) is 12.8 Å². The second-order valence-electron chi connectivity index (χ2n) is 5.37. The van der Waals surface area contributed by atoms with Crippen molar-refractivity contribution in [2.75, 3.05) is 23.7 Å². The van der Waals surface area contributed by atoms with E-state index in [2.05, 4.69) is 21.2 Å². The fraction of sp³-hybridized carbons (Fsp3) is 0.438. The molecule has 0 saturated carbocycles. The molecule has 0 atom stereocenters. The third-order valence-electron chi connectivity index (χ3n) is 3.76. The normalized spacial score (nSPS) is 14.2. The molecule has 0 aliphatic carbocycles. The van der Waals surface area contributed by atoms with Crippen LogP contribution in [0.5, 0.6) is 0 Å². The third kappa shape index (κ3) is 3.62. The number of nitriles is 1. The highest BCUT2D eigenvalue weighted by atomic mass is 35.5. The molecule has 2 heterocycles. The second kappa shape index (κ2) is 7.71. The van der Waals surface area contributed by atoms with Crippen molar-refractivity contribution in [2.24, 2.45) is 0 Å². The number of unbranched alkanes of at least 4 members (excludes halogenated alkanes) is 1. The van der Waals surface area contributed by atoms with Crippen molar-refractivity contribution in [1.82, 2.24) is 14.8 Å². The lowest BCUT2D eigenvalue weighted by atomic mass is 10.3. The average Bonchev–Trinajstić information content (AvgIpc) is 3.21. The van der Waals surface area contributed by atoms with Crippen LogP contribution in [0.15, 0.2) is 29.4 Å². The Hall–Kier alpha value is -1.71. The number of hydrogen-bond acceptors (Lipinski definition) is 5. The molecule has 0 bridgehead atoms.